The normalized spacial score (nSPS) is 17.2. The molecule has 5 heteroatoms. The van der Waals surface area contributed by atoms with Crippen molar-refractivity contribution in [2.24, 2.45) is 5.92 Å². The Bertz CT molecular complexity index is 752. The Hall–Kier alpha value is -2.04. The molecule has 0 radical (unpaired) electrons. The molecule has 1 nitrogen and oxygen atoms in total. The van der Waals surface area contributed by atoms with Gasteiger partial charge in [0, 0.05) is 0 Å². The Morgan fingerprint density at radius 1 is 1.08 bits per heavy atom. The quantitative estimate of drug-likeness (QED) is 0.635. The summed E-state index contributed by atoms with van der Waals surface area (Å²) >= 11 is 0. The molecule has 0 saturated heterocycles. The number of ether oxygens (including phenoxy) is 1. The standard InChI is InChI=1S/C20H20F4O/c1-13-2-5-15(19(21)10-13)6-3-14-4-7-17-12-18(25-20(22,23)24)9-8-16(17)11-14/h2,5,8-10,12,14H,3-4,6-7,11H2,1H3. The number of benzene rings is 2. The van der Waals surface area contributed by atoms with Crippen molar-refractivity contribution in [2.45, 2.75) is 45.4 Å². The van der Waals surface area contributed by atoms with Crippen molar-refractivity contribution in [2.75, 3.05) is 0 Å². The van der Waals surface area contributed by atoms with Gasteiger partial charge in [-0.2, -0.15) is 0 Å². The number of hydrogen-bond acceptors (Lipinski definition) is 1. The van der Waals surface area contributed by atoms with E-state index < -0.39 is 6.36 Å². The minimum atomic E-state index is -4.66. The molecule has 2 aromatic carbocycles. The third-order valence-corrected chi connectivity index (χ3v) is 4.77. The average molecular weight is 352 g/mol. The highest BCUT2D eigenvalue weighted by molar-refractivity contribution is 5.37. The summed E-state index contributed by atoms with van der Waals surface area (Å²) in [4.78, 5) is 0. The summed E-state index contributed by atoms with van der Waals surface area (Å²) < 4.78 is 54.8. The average Bonchev–Trinajstić information content (AvgIpc) is 2.52. The zero-order valence-electron chi connectivity index (χ0n) is 14.0. The summed E-state index contributed by atoms with van der Waals surface area (Å²) in [6.07, 6.45) is -0.665. The van der Waals surface area contributed by atoms with Crippen LogP contribution in [0, 0.1) is 18.7 Å². The van der Waals surface area contributed by atoms with Crippen molar-refractivity contribution < 1.29 is 22.3 Å². The highest BCUT2D eigenvalue weighted by atomic mass is 19.4. The molecule has 0 spiro atoms. The number of rotatable bonds is 4. The predicted octanol–water partition coefficient (Wildman–Crippen LogP) is 5.77. The Labute approximate surface area is 144 Å². The van der Waals surface area contributed by atoms with Gasteiger partial charge in [0.15, 0.2) is 0 Å². The highest BCUT2D eigenvalue weighted by Gasteiger charge is 2.31. The van der Waals surface area contributed by atoms with Gasteiger partial charge in [-0.25, -0.2) is 4.39 Å². The second-order valence-corrected chi connectivity index (χ2v) is 6.72. The first-order valence-corrected chi connectivity index (χ1v) is 8.43. The largest absolute Gasteiger partial charge is 0.573 e. The van der Waals surface area contributed by atoms with Gasteiger partial charge in [0.25, 0.3) is 0 Å². The molecule has 1 unspecified atom stereocenters. The van der Waals surface area contributed by atoms with Crippen LogP contribution in [0.3, 0.4) is 0 Å². The fraction of sp³-hybridized carbons (Fsp3) is 0.400. The molecule has 0 fully saturated rings. The molecule has 0 bridgehead atoms. The Balaban J connectivity index is 1.61. The SMILES string of the molecule is Cc1ccc(CCC2CCc3cc(OC(F)(F)F)ccc3C2)c(F)c1. The van der Waals surface area contributed by atoms with E-state index in [1.165, 1.54) is 12.1 Å². The highest BCUT2D eigenvalue weighted by Crippen LogP contribution is 2.32. The molecule has 0 heterocycles. The van der Waals surface area contributed by atoms with E-state index in [4.69, 9.17) is 0 Å². The molecule has 1 atom stereocenters. The fourth-order valence-electron chi connectivity index (χ4n) is 3.47. The molecule has 0 saturated carbocycles. The first-order chi connectivity index (χ1) is 11.8. The first kappa shape index (κ1) is 17.8. The van der Waals surface area contributed by atoms with Crippen molar-refractivity contribution in [1.82, 2.24) is 0 Å². The van der Waals surface area contributed by atoms with Crippen LogP contribution < -0.4 is 4.74 Å². The maximum Gasteiger partial charge on any atom is 0.573 e. The van der Waals surface area contributed by atoms with Crippen LogP contribution in [0.1, 0.15) is 35.1 Å². The van der Waals surface area contributed by atoms with E-state index in [0.29, 0.717) is 12.3 Å². The van der Waals surface area contributed by atoms with Crippen molar-refractivity contribution >= 4 is 0 Å². The van der Waals surface area contributed by atoms with Gasteiger partial charge in [-0.05, 0) is 85.4 Å². The van der Waals surface area contributed by atoms with Crippen LogP contribution in [0.25, 0.3) is 0 Å². The minimum Gasteiger partial charge on any atom is -0.406 e. The summed E-state index contributed by atoms with van der Waals surface area (Å²) in [6.45, 7) is 1.86. The number of alkyl halides is 3. The van der Waals surface area contributed by atoms with Crippen LogP contribution >= 0.6 is 0 Å². The second kappa shape index (κ2) is 7.06. The molecule has 0 N–H and O–H groups in total. The molecule has 1 aliphatic rings. The van der Waals surface area contributed by atoms with Crippen LogP contribution in [0.4, 0.5) is 17.6 Å². The predicted molar refractivity (Wildman–Crippen MR) is 88.1 cm³/mol. The topological polar surface area (TPSA) is 9.23 Å². The van der Waals surface area contributed by atoms with Crippen molar-refractivity contribution in [3.8, 4) is 5.75 Å². The third kappa shape index (κ3) is 4.74. The number of hydrogen-bond donors (Lipinski definition) is 0. The van der Waals surface area contributed by atoms with Gasteiger partial charge < -0.3 is 4.74 Å². The van der Waals surface area contributed by atoms with Gasteiger partial charge in [0.1, 0.15) is 11.6 Å². The molecular weight excluding hydrogens is 332 g/mol. The van der Waals surface area contributed by atoms with E-state index in [9.17, 15) is 17.6 Å². The molecule has 25 heavy (non-hydrogen) atoms. The number of halogens is 4. The lowest BCUT2D eigenvalue weighted by atomic mass is 9.81. The molecule has 1 aliphatic carbocycles. The maximum atomic E-state index is 13.9. The lowest BCUT2D eigenvalue weighted by molar-refractivity contribution is -0.274. The summed E-state index contributed by atoms with van der Waals surface area (Å²) in [6, 6.07) is 9.87. The van der Waals surface area contributed by atoms with Gasteiger partial charge >= 0.3 is 6.36 Å². The van der Waals surface area contributed by atoms with Crippen LogP contribution in [0.5, 0.6) is 5.75 Å². The maximum absolute atomic E-state index is 13.9. The van der Waals surface area contributed by atoms with Crippen LogP contribution in [-0.4, -0.2) is 6.36 Å². The van der Waals surface area contributed by atoms with Gasteiger partial charge in [-0.15, -0.1) is 13.2 Å². The van der Waals surface area contributed by atoms with Gasteiger partial charge in [-0.3, -0.25) is 0 Å². The zero-order chi connectivity index (χ0) is 18.0. The molecule has 0 aromatic heterocycles. The Kier molecular flexibility index (Phi) is 5.02. The molecule has 3 rings (SSSR count). The summed E-state index contributed by atoms with van der Waals surface area (Å²) in [7, 11) is 0. The molecule has 2 aromatic rings. The third-order valence-electron chi connectivity index (χ3n) is 4.77. The fourth-order valence-corrected chi connectivity index (χ4v) is 3.47. The van der Waals surface area contributed by atoms with Crippen molar-refractivity contribution in [3.63, 3.8) is 0 Å². The first-order valence-electron chi connectivity index (χ1n) is 8.43. The van der Waals surface area contributed by atoms with E-state index in [2.05, 4.69) is 4.74 Å². The van der Waals surface area contributed by atoms with E-state index in [1.54, 1.807) is 12.1 Å². The number of fused-ring (bicyclic) bond motifs is 1. The second-order valence-electron chi connectivity index (χ2n) is 6.72. The lowest BCUT2D eigenvalue weighted by Crippen LogP contribution is -2.19. The summed E-state index contributed by atoms with van der Waals surface area (Å²) in [5.41, 5.74) is 3.62. The van der Waals surface area contributed by atoms with Crippen LogP contribution in [0.2, 0.25) is 0 Å². The summed E-state index contributed by atoms with van der Waals surface area (Å²) in [5.74, 6) is 0.0964. The smallest absolute Gasteiger partial charge is 0.406 e. The molecule has 0 aliphatic heterocycles. The van der Waals surface area contributed by atoms with Gasteiger partial charge in [0.2, 0.25) is 0 Å². The van der Waals surface area contributed by atoms with Crippen molar-refractivity contribution in [1.29, 1.82) is 0 Å². The Morgan fingerprint density at radius 3 is 2.60 bits per heavy atom. The Morgan fingerprint density at radius 2 is 1.88 bits per heavy atom. The lowest BCUT2D eigenvalue weighted by Gasteiger charge is -2.25. The van der Waals surface area contributed by atoms with E-state index in [-0.39, 0.29) is 11.6 Å². The molecular formula is C20H20F4O. The summed E-state index contributed by atoms with van der Waals surface area (Å²) in [5, 5.41) is 0. The van der Waals surface area contributed by atoms with Gasteiger partial charge in [0.05, 0.1) is 0 Å². The zero-order valence-corrected chi connectivity index (χ0v) is 14.0. The van der Waals surface area contributed by atoms with E-state index in [0.717, 1.165) is 47.9 Å². The monoisotopic (exact) mass is 352 g/mol. The van der Waals surface area contributed by atoms with Crippen LogP contribution in [0.15, 0.2) is 36.4 Å². The van der Waals surface area contributed by atoms with Crippen LogP contribution in [-0.2, 0) is 19.3 Å². The van der Waals surface area contributed by atoms with Gasteiger partial charge in [-0.1, -0.05) is 18.2 Å². The van der Waals surface area contributed by atoms with Crippen molar-refractivity contribution in [3.05, 3.63) is 64.5 Å². The van der Waals surface area contributed by atoms with E-state index in [1.807, 2.05) is 19.1 Å². The minimum absolute atomic E-state index is 0.161. The number of aryl methyl sites for hydroxylation is 3. The molecule has 134 valence electrons. The molecule has 0 amide bonds. The van der Waals surface area contributed by atoms with E-state index >= 15 is 0 Å².